The summed E-state index contributed by atoms with van der Waals surface area (Å²) >= 11 is 0. The number of esters is 2. The maximum Gasteiger partial charge on any atom is 0.474 e. The molecule has 0 rings (SSSR count). The van der Waals surface area contributed by atoms with Gasteiger partial charge in [-0.05, 0) is 70.6 Å². The van der Waals surface area contributed by atoms with E-state index in [1.165, 1.54) is 103 Å². The fourth-order valence-electron chi connectivity index (χ4n) is 5.88. The van der Waals surface area contributed by atoms with Crippen molar-refractivity contribution < 1.29 is 41.7 Å². The number of nitrogens with two attached hydrogens (primary N) is 1. The molecule has 0 aliphatic carbocycles. The van der Waals surface area contributed by atoms with E-state index in [9.17, 15) is 14.2 Å². The molecule has 0 aliphatic heterocycles. The van der Waals surface area contributed by atoms with Crippen LogP contribution in [-0.4, -0.2) is 76.8 Å². The minimum absolute atomic E-state index is 0.108. The van der Waals surface area contributed by atoms with Gasteiger partial charge in [-0.1, -0.05) is 134 Å². The van der Waals surface area contributed by atoms with E-state index in [0.717, 1.165) is 64.2 Å². The summed E-state index contributed by atoms with van der Waals surface area (Å²) in [7, 11) is 3.12. The lowest BCUT2D eigenvalue weighted by atomic mass is 10.1. The van der Waals surface area contributed by atoms with E-state index in [0.29, 0.717) is 17.4 Å². The van der Waals surface area contributed by atoms with Gasteiger partial charge in [-0.2, -0.15) is 0 Å². The molecule has 0 saturated heterocycles. The third-order valence-corrected chi connectivity index (χ3v) is 10.9. The Labute approximate surface area is 343 Å². The van der Waals surface area contributed by atoms with Crippen molar-refractivity contribution in [2.45, 2.75) is 187 Å². The summed E-state index contributed by atoms with van der Waals surface area (Å²) in [6.07, 6.45) is 41.6. The van der Waals surface area contributed by atoms with Crippen molar-refractivity contribution in [3.63, 3.8) is 0 Å². The second-order valence-corrected chi connectivity index (χ2v) is 18.1. The number of unbranched alkanes of at least 4 members (excludes halogenated alkanes) is 21. The molecule has 0 aromatic carbocycles. The van der Waals surface area contributed by atoms with Crippen molar-refractivity contribution in [3.8, 4) is 0 Å². The molecule has 2 N–H and O–H groups in total. The SMILES string of the molecule is CCCCCCCCC=CCCCCCC=CC(=O)OCC(N)(COP(=O)(OC)OCC[N+](C)(C)C)OC(=O)CCCCCCCC=CCCCCCCCC. The highest BCUT2D eigenvalue weighted by molar-refractivity contribution is 7.48. The second kappa shape index (κ2) is 36.3. The number of hydrogen-bond donors (Lipinski definition) is 1. The van der Waals surface area contributed by atoms with Crippen LogP contribution in [0.4, 0.5) is 0 Å². The van der Waals surface area contributed by atoms with E-state index in [-0.39, 0.29) is 13.0 Å². The Bertz CT molecular complexity index is 1090. The number of quaternary nitrogens is 1. The van der Waals surface area contributed by atoms with Gasteiger partial charge in [0.2, 0.25) is 5.72 Å². The minimum atomic E-state index is -4.02. The van der Waals surface area contributed by atoms with Crippen LogP contribution in [-0.2, 0) is 37.2 Å². The molecule has 0 heterocycles. The molecule has 0 fully saturated rings. The van der Waals surface area contributed by atoms with Gasteiger partial charge in [0.05, 0.1) is 21.1 Å². The zero-order chi connectivity index (χ0) is 41.6. The number of allylic oxidation sites excluding steroid dienone is 5. The van der Waals surface area contributed by atoms with Crippen LogP contribution in [0.1, 0.15) is 181 Å². The van der Waals surface area contributed by atoms with Crippen LogP contribution in [0.3, 0.4) is 0 Å². The van der Waals surface area contributed by atoms with E-state index >= 15 is 0 Å². The molecule has 0 aromatic heterocycles. The number of phosphoric acid groups is 1. The summed E-state index contributed by atoms with van der Waals surface area (Å²) in [5.41, 5.74) is 4.55. The Hall–Kier alpha value is -1.81. The molecule has 0 spiro atoms. The fraction of sp³-hybridized carbons (Fsp3) is 0.822. The van der Waals surface area contributed by atoms with Crippen LogP contribution in [0.25, 0.3) is 0 Å². The number of ether oxygens (including phenoxy) is 2. The lowest BCUT2D eigenvalue weighted by molar-refractivity contribution is -0.870. The predicted octanol–water partition coefficient (Wildman–Crippen LogP) is 12.1. The van der Waals surface area contributed by atoms with Gasteiger partial charge in [0.25, 0.3) is 0 Å². The Balaban J connectivity index is 4.70. The van der Waals surface area contributed by atoms with Crippen molar-refractivity contribution in [1.29, 1.82) is 0 Å². The lowest BCUT2D eigenvalue weighted by Crippen LogP contribution is -2.53. The monoisotopic (exact) mass is 814 g/mol. The lowest BCUT2D eigenvalue weighted by Gasteiger charge is -2.30. The zero-order valence-corrected chi connectivity index (χ0v) is 37.8. The highest BCUT2D eigenvalue weighted by Gasteiger charge is 2.37. The second-order valence-electron chi connectivity index (χ2n) is 16.3. The molecule has 11 heteroatoms. The Kier molecular flexibility index (Phi) is 35.1. The molecule has 0 aromatic rings. The van der Waals surface area contributed by atoms with Crippen LogP contribution in [0.15, 0.2) is 36.5 Å². The molecule has 328 valence electrons. The number of carbonyl (C=O) groups excluding carboxylic acids is 2. The number of phosphoric ester groups is 1. The number of nitrogens with zero attached hydrogens (tertiary/aromatic N) is 1. The van der Waals surface area contributed by atoms with Crippen LogP contribution >= 0.6 is 7.82 Å². The number of hydrogen-bond acceptors (Lipinski definition) is 9. The maximum absolute atomic E-state index is 13.1. The quantitative estimate of drug-likeness (QED) is 0.0122. The molecule has 2 atom stereocenters. The Morgan fingerprint density at radius 1 is 0.607 bits per heavy atom. The number of likely N-dealkylation sites (N-methyl/N-ethyl adjacent to an activating group) is 1. The largest absolute Gasteiger partial charge is 0.474 e. The topological polar surface area (TPSA) is 123 Å². The van der Waals surface area contributed by atoms with E-state index in [2.05, 4.69) is 38.2 Å². The summed E-state index contributed by atoms with van der Waals surface area (Å²) in [5, 5.41) is 0. The minimum Gasteiger partial charge on any atom is -0.457 e. The third-order valence-electron chi connectivity index (χ3n) is 9.51. The van der Waals surface area contributed by atoms with Gasteiger partial charge in [0.1, 0.15) is 26.4 Å². The first-order valence-electron chi connectivity index (χ1n) is 22.3. The summed E-state index contributed by atoms with van der Waals surface area (Å²) < 4.78 is 40.7. The van der Waals surface area contributed by atoms with Crippen molar-refractivity contribution in [1.82, 2.24) is 0 Å². The summed E-state index contributed by atoms with van der Waals surface area (Å²) in [5.74, 6) is -1.16. The van der Waals surface area contributed by atoms with E-state index < -0.39 is 38.7 Å². The third kappa shape index (κ3) is 36.5. The normalized spacial score (nSPS) is 14.5. The van der Waals surface area contributed by atoms with Gasteiger partial charge < -0.3 is 14.0 Å². The van der Waals surface area contributed by atoms with Crippen LogP contribution < -0.4 is 5.73 Å². The molecule has 2 unspecified atom stereocenters. The first-order valence-corrected chi connectivity index (χ1v) is 23.7. The van der Waals surface area contributed by atoms with Gasteiger partial charge in [-0.25, -0.2) is 9.36 Å². The predicted molar refractivity (Wildman–Crippen MR) is 232 cm³/mol. The summed E-state index contributed by atoms with van der Waals surface area (Å²) in [4.78, 5) is 25.4. The standard InChI is InChI=1S/C45H86N2O8P/c1-7-9-11-13-15-17-19-21-23-25-27-29-31-33-35-37-43(48)52-41-45(46,42-54-56(50,51-6)53-40-39-47(3,4)5)55-44(49)38-36-34-32-30-28-26-24-22-20-18-16-14-12-10-8-2/h21-24,35,37H,7-20,25-34,36,38-42,46H2,1-6H3/q+1. The molecule has 56 heavy (non-hydrogen) atoms. The summed E-state index contributed by atoms with van der Waals surface area (Å²) in [6, 6.07) is 0. The van der Waals surface area contributed by atoms with Crippen LogP contribution in [0.5, 0.6) is 0 Å². The maximum atomic E-state index is 13.1. The highest BCUT2D eigenvalue weighted by Crippen LogP contribution is 2.49. The van der Waals surface area contributed by atoms with Gasteiger partial charge >= 0.3 is 19.8 Å². The average Bonchev–Trinajstić information content (AvgIpc) is 3.16. The smallest absolute Gasteiger partial charge is 0.457 e. The Morgan fingerprint density at radius 2 is 1.04 bits per heavy atom. The van der Waals surface area contributed by atoms with Gasteiger partial charge in [0.15, 0.2) is 0 Å². The molecule has 0 aliphatic rings. The van der Waals surface area contributed by atoms with E-state index in [1.807, 2.05) is 21.1 Å². The number of rotatable bonds is 40. The Morgan fingerprint density at radius 3 is 1.50 bits per heavy atom. The van der Waals surface area contributed by atoms with E-state index in [1.54, 1.807) is 6.08 Å². The van der Waals surface area contributed by atoms with Crippen LogP contribution in [0, 0.1) is 0 Å². The molecular weight excluding hydrogens is 727 g/mol. The van der Waals surface area contributed by atoms with E-state index in [4.69, 9.17) is 28.8 Å². The first kappa shape index (κ1) is 54.2. The molecule has 10 nitrogen and oxygen atoms in total. The van der Waals surface area contributed by atoms with Crippen molar-refractivity contribution in [2.75, 3.05) is 54.6 Å². The average molecular weight is 814 g/mol. The molecule has 0 bridgehead atoms. The highest BCUT2D eigenvalue weighted by atomic mass is 31.2. The molecular formula is C45H86N2O8P+. The summed E-state index contributed by atoms with van der Waals surface area (Å²) in [6.45, 7) is 4.12. The fourth-order valence-corrected chi connectivity index (χ4v) is 6.84. The van der Waals surface area contributed by atoms with Gasteiger partial charge in [-0.3, -0.25) is 24.1 Å². The van der Waals surface area contributed by atoms with Crippen molar-refractivity contribution in [2.24, 2.45) is 5.73 Å². The molecule has 0 saturated carbocycles. The zero-order valence-electron chi connectivity index (χ0n) is 36.9. The molecule has 0 amide bonds. The van der Waals surface area contributed by atoms with Gasteiger partial charge in [-0.15, -0.1) is 0 Å². The van der Waals surface area contributed by atoms with Crippen molar-refractivity contribution in [3.05, 3.63) is 36.5 Å². The molecule has 0 radical (unpaired) electrons. The number of carbonyl (C=O) groups is 2. The van der Waals surface area contributed by atoms with Gasteiger partial charge in [0, 0.05) is 19.6 Å². The first-order chi connectivity index (χ1) is 26.9. The van der Waals surface area contributed by atoms with Crippen LogP contribution in [0.2, 0.25) is 0 Å². The van der Waals surface area contributed by atoms with Crippen molar-refractivity contribution >= 4 is 19.8 Å².